The van der Waals surface area contributed by atoms with E-state index in [2.05, 4.69) is 5.32 Å². The fourth-order valence-electron chi connectivity index (χ4n) is 2.31. The van der Waals surface area contributed by atoms with Gasteiger partial charge < -0.3 is 15.1 Å². The second kappa shape index (κ2) is 8.15. The molecule has 0 aliphatic carbocycles. The van der Waals surface area contributed by atoms with E-state index in [1.807, 2.05) is 49.4 Å². The van der Waals surface area contributed by atoms with Crippen LogP contribution in [0.15, 0.2) is 54.6 Å². The van der Waals surface area contributed by atoms with Gasteiger partial charge in [0.1, 0.15) is 0 Å². The molecule has 0 spiro atoms. The molecule has 5 nitrogen and oxygen atoms in total. The highest BCUT2D eigenvalue weighted by Gasteiger charge is 2.16. The number of carbonyl (C=O) groups excluding carboxylic acids is 2. The van der Waals surface area contributed by atoms with Gasteiger partial charge in [0.05, 0.1) is 6.54 Å². The molecule has 0 aliphatic heterocycles. The van der Waals surface area contributed by atoms with Crippen molar-refractivity contribution in [3.63, 3.8) is 0 Å². The first-order valence-corrected chi connectivity index (χ1v) is 7.94. The smallest absolute Gasteiger partial charge is 0.258 e. The van der Waals surface area contributed by atoms with Gasteiger partial charge in [-0.2, -0.15) is 0 Å². The third kappa shape index (κ3) is 4.35. The number of hydrogen-bond donors (Lipinski definition) is 1. The van der Waals surface area contributed by atoms with E-state index >= 15 is 0 Å². The molecule has 0 aliphatic rings. The zero-order valence-corrected chi connectivity index (χ0v) is 14.3. The molecule has 2 rings (SSSR count). The van der Waals surface area contributed by atoms with Crippen molar-refractivity contribution < 1.29 is 9.59 Å². The van der Waals surface area contributed by atoms with E-state index in [0.717, 1.165) is 11.4 Å². The van der Waals surface area contributed by atoms with Crippen LogP contribution in [0.1, 0.15) is 17.3 Å². The predicted octanol–water partition coefficient (Wildman–Crippen LogP) is 2.85. The Kier molecular flexibility index (Phi) is 5.95. The topological polar surface area (TPSA) is 52.7 Å². The van der Waals surface area contributed by atoms with Gasteiger partial charge in [0.15, 0.2) is 0 Å². The van der Waals surface area contributed by atoms with Gasteiger partial charge in [-0.3, -0.25) is 9.59 Å². The minimum atomic E-state index is -0.0636. The number of carbonyl (C=O) groups is 2. The molecule has 2 aromatic rings. The molecule has 0 saturated heterocycles. The Morgan fingerprint density at radius 1 is 1.00 bits per heavy atom. The quantitative estimate of drug-likeness (QED) is 0.888. The second-order valence-electron chi connectivity index (χ2n) is 5.61. The summed E-state index contributed by atoms with van der Waals surface area (Å²) in [5, 5.41) is 3.06. The van der Waals surface area contributed by atoms with Gasteiger partial charge in [0, 0.05) is 37.6 Å². The lowest BCUT2D eigenvalue weighted by molar-refractivity contribution is -0.126. The molecule has 0 fully saturated rings. The van der Waals surface area contributed by atoms with Crippen LogP contribution in [0, 0.1) is 0 Å². The summed E-state index contributed by atoms with van der Waals surface area (Å²) in [6.45, 7) is 2.73. The van der Waals surface area contributed by atoms with Gasteiger partial charge in [-0.25, -0.2) is 0 Å². The summed E-state index contributed by atoms with van der Waals surface area (Å²) in [6, 6.07) is 16.8. The maximum Gasteiger partial charge on any atom is 0.258 e. The van der Waals surface area contributed by atoms with Crippen LogP contribution in [-0.2, 0) is 4.79 Å². The second-order valence-corrected chi connectivity index (χ2v) is 5.61. The van der Waals surface area contributed by atoms with E-state index in [9.17, 15) is 9.59 Å². The molecule has 1 N–H and O–H groups in total. The van der Waals surface area contributed by atoms with Gasteiger partial charge in [-0.05, 0) is 37.3 Å². The first-order chi connectivity index (χ1) is 11.5. The lowest BCUT2D eigenvalue weighted by atomic mass is 10.1. The highest BCUT2D eigenvalue weighted by Crippen LogP contribution is 2.18. The van der Waals surface area contributed by atoms with Crippen LogP contribution in [-0.4, -0.2) is 43.9 Å². The molecule has 0 atom stereocenters. The fraction of sp³-hybridized carbons (Fsp3) is 0.263. The summed E-state index contributed by atoms with van der Waals surface area (Å²) in [7, 11) is 3.42. The summed E-state index contributed by atoms with van der Waals surface area (Å²) >= 11 is 0. The average molecular weight is 325 g/mol. The Morgan fingerprint density at radius 2 is 1.71 bits per heavy atom. The number of hydrogen-bond acceptors (Lipinski definition) is 3. The Morgan fingerprint density at radius 3 is 2.33 bits per heavy atom. The van der Waals surface area contributed by atoms with E-state index in [1.54, 1.807) is 31.1 Å². The molecular weight excluding hydrogens is 302 g/mol. The van der Waals surface area contributed by atoms with Crippen LogP contribution < -0.4 is 10.2 Å². The number of likely N-dealkylation sites (N-methyl/N-ethyl adjacent to an activating group) is 1. The van der Waals surface area contributed by atoms with Crippen molar-refractivity contribution in [3.8, 4) is 0 Å². The summed E-state index contributed by atoms with van der Waals surface area (Å²) in [5.41, 5.74) is 2.20. The van der Waals surface area contributed by atoms with Crippen molar-refractivity contribution in [2.24, 2.45) is 0 Å². The minimum absolute atomic E-state index is 0.0220. The van der Waals surface area contributed by atoms with Gasteiger partial charge in [0.2, 0.25) is 5.91 Å². The number of anilines is 2. The minimum Gasteiger partial charge on any atom is -0.376 e. The third-order valence-corrected chi connectivity index (χ3v) is 3.68. The molecular formula is C19H23N3O2. The van der Waals surface area contributed by atoms with Crippen LogP contribution in [0.4, 0.5) is 11.4 Å². The molecule has 0 unspecified atom stereocenters. The Labute approximate surface area is 142 Å². The van der Waals surface area contributed by atoms with Crippen molar-refractivity contribution in [3.05, 3.63) is 60.2 Å². The molecule has 0 heterocycles. The molecule has 126 valence electrons. The average Bonchev–Trinajstić information content (AvgIpc) is 2.61. The SMILES string of the molecule is CCN(C(=O)c1cccc(NCC(=O)N(C)C)c1)c1ccccc1. The number of nitrogens with one attached hydrogen (secondary N) is 1. The van der Waals surface area contributed by atoms with Gasteiger partial charge in [0.25, 0.3) is 5.91 Å². The molecule has 5 heteroatoms. The molecule has 0 bridgehead atoms. The first kappa shape index (κ1) is 17.5. The lowest BCUT2D eigenvalue weighted by Gasteiger charge is -2.21. The summed E-state index contributed by atoms with van der Waals surface area (Å²) in [5.74, 6) is -0.0857. The highest BCUT2D eigenvalue weighted by atomic mass is 16.2. The van der Waals surface area contributed by atoms with E-state index in [4.69, 9.17) is 0 Å². The molecule has 0 saturated carbocycles. The van der Waals surface area contributed by atoms with Gasteiger partial charge in [-0.1, -0.05) is 24.3 Å². The number of para-hydroxylation sites is 1. The van der Waals surface area contributed by atoms with Gasteiger partial charge in [-0.15, -0.1) is 0 Å². The van der Waals surface area contributed by atoms with E-state index in [0.29, 0.717) is 12.1 Å². The lowest BCUT2D eigenvalue weighted by Crippen LogP contribution is -2.31. The summed E-state index contributed by atoms with van der Waals surface area (Å²) in [4.78, 5) is 27.7. The molecule has 0 aromatic heterocycles. The van der Waals surface area contributed by atoms with Crippen molar-refractivity contribution in [2.75, 3.05) is 37.4 Å². The van der Waals surface area contributed by atoms with Crippen molar-refractivity contribution in [1.29, 1.82) is 0 Å². The van der Waals surface area contributed by atoms with Crippen LogP contribution in [0.5, 0.6) is 0 Å². The zero-order valence-electron chi connectivity index (χ0n) is 14.3. The standard InChI is InChI=1S/C19H23N3O2/c1-4-22(17-11-6-5-7-12-17)19(24)15-9-8-10-16(13-15)20-14-18(23)21(2)3/h5-13,20H,4,14H2,1-3H3. The largest absolute Gasteiger partial charge is 0.376 e. The Balaban J connectivity index is 2.15. The number of benzene rings is 2. The first-order valence-electron chi connectivity index (χ1n) is 7.94. The molecule has 2 aromatic carbocycles. The van der Waals surface area contributed by atoms with Gasteiger partial charge >= 0.3 is 0 Å². The molecule has 24 heavy (non-hydrogen) atoms. The van der Waals surface area contributed by atoms with Crippen LogP contribution >= 0.6 is 0 Å². The van der Waals surface area contributed by atoms with Crippen LogP contribution in [0.3, 0.4) is 0 Å². The Hall–Kier alpha value is -2.82. The number of nitrogens with zero attached hydrogens (tertiary/aromatic N) is 2. The van der Waals surface area contributed by atoms with Crippen molar-refractivity contribution in [2.45, 2.75) is 6.92 Å². The van der Waals surface area contributed by atoms with Crippen LogP contribution in [0.25, 0.3) is 0 Å². The summed E-state index contributed by atoms with van der Waals surface area (Å²) in [6.07, 6.45) is 0. The van der Waals surface area contributed by atoms with Crippen molar-refractivity contribution in [1.82, 2.24) is 4.90 Å². The molecule has 2 amide bonds. The van der Waals surface area contributed by atoms with E-state index in [-0.39, 0.29) is 18.4 Å². The third-order valence-electron chi connectivity index (χ3n) is 3.68. The number of amides is 2. The van der Waals surface area contributed by atoms with E-state index in [1.165, 1.54) is 4.90 Å². The molecule has 0 radical (unpaired) electrons. The monoisotopic (exact) mass is 325 g/mol. The zero-order chi connectivity index (χ0) is 17.5. The number of rotatable bonds is 6. The van der Waals surface area contributed by atoms with Crippen LogP contribution in [0.2, 0.25) is 0 Å². The normalized spacial score (nSPS) is 10.1. The highest BCUT2D eigenvalue weighted by molar-refractivity contribution is 6.06. The Bertz CT molecular complexity index is 699. The van der Waals surface area contributed by atoms with E-state index < -0.39 is 0 Å². The predicted molar refractivity (Wildman–Crippen MR) is 97.4 cm³/mol. The van der Waals surface area contributed by atoms with Crippen molar-refractivity contribution >= 4 is 23.2 Å². The fourth-order valence-corrected chi connectivity index (χ4v) is 2.31. The summed E-state index contributed by atoms with van der Waals surface area (Å²) < 4.78 is 0. The maximum absolute atomic E-state index is 12.8. The maximum atomic E-state index is 12.8.